The number of hydrogen-bond donors (Lipinski definition) is 1. The SMILES string of the molecule is CCCn1nccc1-c1ccc(CN)cc1Cl. The Balaban J connectivity index is 2.42. The summed E-state index contributed by atoms with van der Waals surface area (Å²) < 4.78 is 1.98. The molecule has 17 heavy (non-hydrogen) atoms. The summed E-state index contributed by atoms with van der Waals surface area (Å²) >= 11 is 6.28. The van der Waals surface area contributed by atoms with Crippen LogP contribution in [-0.4, -0.2) is 9.78 Å². The van der Waals surface area contributed by atoms with Crippen molar-refractivity contribution in [1.82, 2.24) is 9.78 Å². The van der Waals surface area contributed by atoms with Gasteiger partial charge in [-0.15, -0.1) is 0 Å². The molecule has 90 valence electrons. The molecule has 2 N–H and O–H groups in total. The predicted octanol–water partition coefficient (Wildman–Crippen LogP) is 3.07. The molecule has 0 amide bonds. The van der Waals surface area contributed by atoms with Crippen LogP contribution in [0.4, 0.5) is 0 Å². The van der Waals surface area contributed by atoms with Crippen molar-refractivity contribution < 1.29 is 0 Å². The lowest BCUT2D eigenvalue weighted by atomic mass is 10.1. The van der Waals surface area contributed by atoms with Crippen LogP contribution in [0.5, 0.6) is 0 Å². The first-order valence-electron chi connectivity index (χ1n) is 5.77. The fourth-order valence-electron chi connectivity index (χ4n) is 1.84. The third-order valence-corrected chi connectivity index (χ3v) is 3.01. The van der Waals surface area contributed by atoms with E-state index in [2.05, 4.69) is 12.0 Å². The first-order chi connectivity index (χ1) is 8.26. The zero-order chi connectivity index (χ0) is 12.3. The van der Waals surface area contributed by atoms with Crippen molar-refractivity contribution in [2.75, 3.05) is 0 Å². The Morgan fingerprint density at radius 2 is 2.18 bits per heavy atom. The van der Waals surface area contributed by atoms with E-state index in [0.717, 1.165) is 34.8 Å². The molecule has 0 saturated heterocycles. The number of nitrogens with zero attached hydrogens (tertiary/aromatic N) is 2. The maximum Gasteiger partial charge on any atom is 0.0697 e. The minimum Gasteiger partial charge on any atom is -0.326 e. The van der Waals surface area contributed by atoms with Gasteiger partial charge in [0.2, 0.25) is 0 Å². The molecule has 0 radical (unpaired) electrons. The van der Waals surface area contributed by atoms with Gasteiger partial charge < -0.3 is 5.73 Å². The fourth-order valence-corrected chi connectivity index (χ4v) is 2.14. The normalized spacial score (nSPS) is 10.8. The van der Waals surface area contributed by atoms with Gasteiger partial charge in [-0.3, -0.25) is 4.68 Å². The highest BCUT2D eigenvalue weighted by Crippen LogP contribution is 2.28. The molecule has 0 saturated carbocycles. The monoisotopic (exact) mass is 249 g/mol. The van der Waals surface area contributed by atoms with Crippen LogP contribution in [0.1, 0.15) is 18.9 Å². The summed E-state index contributed by atoms with van der Waals surface area (Å²) in [5.74, 6) is 0. The highest BCUT2D eigenvalue weighted by Gasteiger charge is 2.09. The highest BCUT2D eigenvalue weighted by molar-refractivity contribution is 6.33. The zero-order valence-electron chi connectivity index (χ0n) is 9.86. The van der Waals surface area contributed by atoms with E-state index >= 15 is 0 Å². The molecular formula is C13H16ClN3. The lowest BCUT2D eigenvalue weighted by Crippen LogP contribution is -2.02. The summed E-state index contributed by atoms with van der Waals surface area (Å²) in [5, 5.41) is 5.03. The molecule has 0 aliphatic rings. The topological polar surface area (TPSA) is 43.8 Å². The number of aryl methyl sites for hydroxylation is 1. The van der Waals surface area contributed by atoms with E-state index in [4.69, 9.17) is 17.3 Å². The third kappa shape index (κ3) is 2.51. The molecule has 0 spiro atoms. The van der Waals surface area contributed by atoms with Gasteiger partial charge >= 0.3 is 0 Å². The second kappa shape index (κ2) is 5.34. The first kappa shape index (κ1) is 12.1. The van der Waals surface area contributed by atoms with Crippen molar-refractivity contribution in [3.8, 4) is 11.3 Å². The minimum atomic E-state index is 0.508. The number of hydrogen-bond acceptors (Lipinski definition) is 2. The molecule has 3 nitrogen and oxygen atoms in total. The van der Waals surface area contributed by atoms with Crippen molar-refractivity contribution in [3.63, 3.8) is 0 Å². The van der Waals surface area contributed by atoms with Gasteiger partial charge in [-0.05, 0) is 24.1 Å². The van der Waals surface area contributed by atoms with Crippen molar-refractivity contribution in [2.24, 2.45) is 5.73 Å². The van der Waals surface area contributed by atoms with E-state index < -0.39 is 0 Å². The Morgan fingerprint density at radius 1 is 1.35 bits per heavy atom. The van der Waals surface area contributed by atoms with Crippen LogP contribution in [0, 0.1) is 0 Å². The average Bonchev–Trinajstić information content (AvgIpc) is 2.77. The van der Waals surface area contributed by atoms with Gasteiger partial charge in [0, 0.05) is 24.8 Å². The number of halogens is 1. The molecule has 2 aromatic rings. The van der Waals surface area contributed by atoms with Gasteiger partial charge in [-0.1, -0.05) is 30.7 Å². The number of nitrogens with two attached hydrogens (primary N) is 1. The van der Waals surface area contributed by atoms with Crippen molar-refractivity contribution >= 4 is 11.6 Å². The summed E-state index contributed by atoms with van der Waals surface area (Å²) in [7, 11) is 0. The zero-order valence-corrected chi connectivity index (χ0v) is 10.6. The second-order valence-corrected chi connectivity index (χ2v) is 4.37. The Morgan fingerprint density at radius 3 is 2.82 bits per heavy atom. The third-order valence-electron chi connectivity index (χ3n) is 2.70. The van der Waals surface area contributed by atoms with Gasteiger partial charge in [-0.25, -0.2) is 0 Å². The molecule has 1 aromatic carbocycles. The van der Waals surface area contributed by atoms with Crippen molar-refractivity contribution in [1.29, 1.82) is 0 Å². The summed E-state index contributed by atoms with van der Waals surface area (Å²) in [6, 6.07) is 7.91. The summed E-state index contributed by atoms with van der Waals surface area (Å²) in [5.41, 5.74) is 8.70. The summed E-state index contributed by atoms with van der Waals surface area (Å²) in [6.45, 7) is 3.54. The molecular weight excluding hydrogens is 234 g/mol. The van der Waals surface area contributed by atoms with Gasteiger partial charge in [0.25, 0.3) is 0 Å². The first-order valence-corrected chi connectivity index (χ1v) is 6.14. The van der Waals surface area contributed by atoms with Crippen LogP contribution in [-0.2, 0) is 13.1 Å². The standard InChI is InChI=1S/C13H16ClN3/c1-2-7-17-13(5-6-16-17)11-4-3-10(9-15)8-12(11)14/h3-6,8H,2,7,9,15H2,1H3. The van der Waals surface area contributed by atoms with Crippen LogP contribution in [0.3, 0.4) is 0 Å². The molecule has 0 aliphatic heterocycles. The van der Waals surface area contributed by atoms with E-state index in [1.165, 1.54) is 0 Å². The summed E-state index contributed by atoms with van der Waals surface area (Å²) in [4.78, 5) is 0. The molecule has 0 fully saturated rings. The Hall–Kier alpha value is -1.32. The highest BCUT2D eigenvalue weighted by atomic mass is 35.5. The molecule has 0 atom stereocenters. The Labute approximate surface area is 106 Å². The Bertz CT molecular complexity index is 505. The smallest absolute Gasteiger partial charge is 0.0697 e. The minimum absolute atomic E-state index is 0.508. The van der Waals surface area contributed by atoms with E-state index in [0.29, 0.717) is 6.54 Å². The van der Waals surface area contributed by atoms with Crippen molar-refractivity contribution in [3.05, 3.63) is 41.0 Å². The lowest BCUT2D eigenvalue weighted by Gasteiger charge is -2.09. The van der Waals surface area contributed by atoms with Gasteiger partial charge in [0.1, 0.15) is 0 Å². The van der Waals surface area contributed by atoms with E-state index in [9.17, 15) is 0 Å². The second-order valence-electron chi connectivity index (χ2n) is 3.96. The van der Waals surface area contributed by atoms with Crippen LogP contribution in [0.15, 0.2) is 30.5 Å². The molecule has 0 aliphatic carbocycles. The molecule has 1 heterocycles. The van der Waals surface area contributed by atoms with Crippen LogP contribution in [0.25, 0.3) is 11.3 Å². The van der Waals surface area contributed by atoms with E-state index in [1.54, 1.807) is 6.20 Å². The van der Waals surface area contributed by atoms with Crippen LogP contribution in [0.2, 0.25) is 5.02 Å². The van der Waals surface area contributed by atoms with E-state index in [1.807, 2.05) is 28.9 Å². The fraction of sp³-hybridized carbons (Fsp3) is 0.308. The van der Waals surface area contributed by atoms with Gasteiger partial charge in [-0.2, -0.15) is 5.10 Å². The van der Waals surface area contributed by atoms with Crippen LogP contribution >= 0.6 is 11.6 Å². The van der Waals surface area contributed by atoms with Crippen molar-refractivity contribution in [2.45, 2.75) is 26.4 Å². The summed E-state index contributed by atoms with van der Waals surface area (Å²) in [6.07, 6.45) is 2.85. The molecule has 4 heteroatoms. The molecule has 0 bridgehead atoms. The Kier molecular flexibility index (Phi) is 3.82. The molecule has 0 unspecified atom stereocenters. The largest absolute Gasteiger partial charge is 0.326 e. The van der Waals surface area contributed by atoms with Gasteiger partial charge in [0.05, 0.1) is 10.7 Å². The maximum absolute atomic E-state index is 6.28. The van der Waals surface area contributed by atoms with Gasteiger partial charge in [0.15, 0.2) is 0 Å². The quantitative estimate of drug-likeness (QED) is 0.905. The lowest BCUT2D eigenvalue weighted by molar-refractivity contribution is 0.609. The molecule has 2 rings (SSSR count). The number of rotatable bonds is 4. The maximum atomic E-state index is 6.28. The number of benzene rings is 1. The van der Waals surface area contributed by atoms with E-state index in [-0.39, 0.29) is 0 Å². The number of aromatic nitrogens is 2. The van der Waals surface area contributed by atoms with Crippen LogP contribution < -0.4 is 5.73 Å². The molecule has 1 aromatic heterocycles. The predicted molar refractivity (Wildman–Crippen MR) is 70.9 cm³/mol. The average molecular weight is 250 g/mol.